The Morgan fingerprint density at radius 3 is 2.71 bits per heavy atom. The highest BCUT2D eigenvalue weighted by Gasteiger charge is 2.35. The summed E-state index contributed by atoms with van der Waals surface area (Å²) < 4.78 is 0. The first-order valence-corrected chi connectivity index (χ1v) is 6.23. The number of likely N-dealkylation sites (N-methyl/N-ethyl adjacent to an activating group) is 1. The van der Waals surface area contributed by atoms with E-state index in [1.807, 2.05) is 0 Å². The molecule has 14 heavy (non-hydrogen) atoms. The molecular weight excluding hydrogens is 172 g/mol. The lowest BCUT2D eigenvalue weighted by atomic mass is 10.0. The number of hydrogen-bond acceptors (Lipinski definition) is 2. The molecule has 1 saturated carbocycles. The van der Waals surface area contributed by atoms with Crippen molar-refractivity contribution in [2.45, 2.75) is 51.1 Å². The molecule has 2 aliphatic rings. The number of nitrogens with one attached hydrogen (secondary N) is 1. The molecule has 3 unspecified atom stereocenters. The average Bonchev–Trinajstić information content (AvgIpc) is 2.74. The monoisotopic (exact) mass is 196 g/mol. The van der Waals surface area contributed by atoms with Crippen LogP contribution in [0.3, 0.4) is 0 Å². The molecule has 0 bridgehead atoms. The zero-order valence-electron chi connectivity index (χ0n) is 9.63. The van der Waals surface area contributed by atoms with Gasteiger partial charge < -0.3 is 5.32 Å². The van der Waals surface area contributed by atoms with Crippen molar-refractivity contribution in [2.24, 2.45) is 5.92 Å². The lowest BCUT2D eigenvalue weighted by Crippen LogP contribution is -2.44. The first-order valence-electron chi connectivity index (χ1n) is 6.23. The predicted octanol–water partition coefficient (Wildman–Crippen LogP) is 1.86. The molecule has 1 N–H and O–H groups in total. The lowest BCUT2D eigenvalue weighted by molar-refractivity contribution is 0.150. The van der Waals surface area contributed by atoms with Gasteiger partial charge >= 0.3 is 0 Å². The minimum atomic E-state index is 0.825. The largest absolute Gasteiger partial charge is 0.318 e. The van der Waals surface area contributed by atoms with Crippen LogP contribution in [0.1, 0.15) is 39.0 Å². The van der Waals surface area contributed by atoms with Gasteiger partial charge in [0.15, 0.2) is 0 Å². The summed E-state index contributed by atoms with van der Waals surface area (Å²) in [6, 6.07) is 1.72. The molecular formula is C12H24N2. The van der Waals surface area contributed by atoms with E-state index in [0.717, 1.165) is 18.0 Å². The highest BCUT2D eigenvalue weighted by molar-refractivity contribution is 4.90. The van der Waals surface area contributed by atoms with Crippen molar-refractivity contribution >= 4 is 0 Å². The van der Waals surface area contributed by atoms with Gasteiger partial charge in [0.05, 0.1) is 0 Å². The lowest BCUT2D eigenvalue weighted by Gasteiger charge is -2.33. The van der Waals surface area contributed by atoms with E-state index in [1.54, 1.807) is 0 Å². The van der Waals surface area contributed by atoms with Crippen LogP contribution < -0.4 is 5.32 Å². The van der Waals surface area contributed by atoms with E-state index in [0.29, 0.717) is 0 Å². The van der Waals surface area contributed by atoms with Crippen molar-refractivity contribution in [3.63, 3.8) is 0 Å². The van der Waals surface area contributed by atoms with E-state index < -0.39 is 0 Å². The van der Waals surface area contributed by atoms with Crippen molar-refractivity contribution in [1.82, 2.24) is 10.2 Å². The van der Waals surface area contributed by atoms with Crippen molar-refractivity contribution in [1.29, 1.82) is 0 Å². The molecule has 0 spiro atoms. The molecule has 0 aromatic carbocycles. The van der Waals surface area contributed by atoms with Crippen LogP contribution in [-0.4, -0.2) is 37.1 Å². The second kappa shape index (κ2) is 4.63. The van der Waals surface area contributed by atoms with Crippen LogP contribution in [0.4, 0.5) is 0 Å². The van der Waals surface area contributed by atoms with Crippen LogP contribution in [0.2, 0.25) is 0 Å². The summed E-state index contributed by atoms with van der Waals surface area (Å²) in [5.74, 6) is 0.937. The Bertz CT molecular complexity index is 181. The van der Waals surface area contributed by atoms with Crippen LogP contribution in [0.25, 0.3) is 0 Å². The zero-order valence-corrected chi connectivity index (χ0v) is 9.63. The van der Waals surface area contributed by atoms with Gasteiger partial charge in [0.2, 0.25) is 0 Å². The molecule has 2 heteroatoms. The quantitative estimate of drug-likeness (QED) is 0.741. The fraction of sp³-hybridized carbons (Fsp3) is 1.00. The van der Waals surface area contributed by atoms with Gasteiger partial charge in [-0.15, -0.1) is 0 Å². The van der Waals surface area contributed by atoms with Gasteiger partial charge in [0.25, 0.3) is 0 Å². The highest BCUT2D eigenvalue weighted by atomic mass is 15.2. The van der Waals surface area contributed by atoms with Gasteiger partial charge in [0, 0.05) is 18.6 Å². The second-order valence-corrected chi connectivity index (χ2v) is 5.07. The number of nitrogens with zero attached hydrogens (tertiary/aromatic N) is 1. The van der Waals surface area contributed by atoms with Crippen molar-refractivity contribution in [3.8, 4) is 0 Å². The summed E-state index contributed by atoms with van der Waals surface area (Å²) >= 11 is 0. The van der Waals surface area contributed by atoms with Gasteiger partial charge in [-0.2, -0.15) is 0 Å². The minimum Gasteiger partial charge on any atom is -0.318 e. The summed E-state index contributed by atoms with van der Waals surface area (Å²) in [6.45, 7) is 4.97. The summed E-state index contributed by atoms with van der Waals surface area (Å²) in [7, 11) is 2.08. The van der Waals surface area contributed by atoms with Crippen LogP contribution in [0.15, 0.2) is 0 Å². The third kappa shape index (κ3) is 1.96. The second-order valence-electron chi connectivity index (χ2n) is 5.07. The van der Waals surface area contributed by atoms with Gasteiger partial charge in [-0.25, -0.2) is 0 Å². The Morgan fingerprint density at radius 1 is 1.21 bits per heavy atom. The molecule has 1 heterocycles. The SMILES string of the molecule is CNCC1CCCN1C1CCCC1C. The minimum absolute atomic E-state index is 0.825. The highest BCUT2D eigenvalue weighted by Crippen LogP contribution is 2.33. The van der Waals surface area contributed by atoms with E-state index in [1.165, 1.54) is 45.2 Å². The van der Waals surface area contributed by atoms with Crippen LogP contribution in [0, 0.1) is 5.92 Å². The topological polar surface area (TPSA) is 15.3 Å². The molecule has 0 amide bonds. The summed E-state index contributed by atoms with van der Waals surface area (Å²) in [6.07, 6.45) is 7.17. The van der Waals surface area contributed by atoms with Crippen molar-refractivity contribution < 1.29 is 0 Å². The maximum absolute atomic E-state index is 3.34. The van der Waals surface area contributed by atoms with Gasteiger partial charge in [-0.3, -0.25) is 4.90 Å². The molecule has 0 aromatic rings. The fourth-order valence-corrected chi connectivity index (χ4v) is 3.37. The molecule has 82 valence electrons. The Morgan fingerprint density at radius 2 is 2.07 bits per heavy atom. The third-order valence-electron chi connectivity index (χ3n) is 4.10. The zero-order chi connectivity index (χ0) is 9.97. The molecule has 0 aromatic heterocycles. The molecule has 1 aliphatic heterocycles. The van der Waals surface area contributed by atoms with E-state index in [-0.39, 0.29) is 0 Å². The van der Waals surface area contributed by atoms with Crippen LogP contribution in [-0.2, 0) is 0 Å². The number of rotatable bonds is 3. The molecule has 1 saturated heterocycles. The van der Waals surface area contributed by atoms with Crippen molar-refractivity contribution in [2.75, 3.05) is 20.1 Å². The fourth-order valence-electron chi connectivity index (χ4n) is 3.37. The van der Waals surface area contributed by atoms with Crippen molar-refractivity contribution in [3.05, 3.63) is 0 Å². The van der Waals surface area contributed by atoms with Gasteiger partial charge in [-0.05, 0) is 45.2 Å². The molecule has 2 nitrogen and oxygen atoms in total. The first-order chi connectivity index (χ1) is 6.83. The maximum Gasteiger partial charge on any atom is 0.0224 e. The average molecular weight is 196 g/mol. The Labute approximate surface area is 88.1 Å². The Balaban J connectivity index is 1.94. The third-order valence-corrected chi connectivity index (χ3v) is 4.10. The van der Waals surface area contributed by atoms with E-state index in [2.05, 4.69) is 24.2 Å². The Kier molecular flexibility index (Phi) is 3.45. The standard InChI is InChI=1S/C12H24N2/c1-10-5-3-7-12(10)14-8-4-6-11(14)9-13-2/h10-13H,3-9H2,1-2H3. The van der Waals surface area contributed by atoms with Gasteiger partial charge in [-0.1, -0.05) is 13.3 Å². The van der Waals surface area contributed by atoms with E-state index >= 15 is 0 Å². The van der Waals surface area contributed by atoms with E-state index in [4.69, 9.17) is 0 Å². The predicted molar refractivity (Wildman–Crippen MR) is 60.5 cm³/mol. The smallest absolute Gasteiger partial charge is 0.0224 e. The van der Waals surface area contributed by atoms with Gasteiger partial charge in [0.1, 0.15) is 0 Å². The molecule has 2 fully saturated rings. The number of hydrogen-bond donors (Lipinski definition) is 1. The molecule has 1 aliphatic carbocycles. The summed E-state index contributed by atoms with van der Waals surface area (Å²) in [5, 5.41) is 3.34. The molecule has 3 atom stereocenters. The summed E-state index contributed by atoms with van der Waals surface area (Å²) in [5.41, 5.74) is 0. The normalized spacial score (nSPS) is 39.4. The summed E-state index contributed by atoms with van der Waals surface area (Å²) in [4.78, 5) is 2.79. The molecule has 0 radical (unpaired) electrons. The number of likely N-dealkylation sites (tertiary alicyclic amines) is 1. The maximum atomic E-state index is 3.34. The van der Waals surface area contributed by atoms with E-state index in [9.17, 15) is 0 Å². The molecule has 2 rings (SSSR count). The van der Waals surface area contributed by atoms with Crippen LogP contribution in [0.5, 0.6) is 0 Å². The first kappa shape index (κ1) is 10.4. The Hall–Kier alpha value is -0.0800. The van der Waals surface area contributed by atoms with Crippen LogP contribution >= 0.6 is 0 Å².